The second-order valence-electron chi connectivity index (χ2n) is 11.5. The predicted molar refractivity (Wildman–Crippen MR) is 154 cm³/mol. The molecular formula is C32H42N4O4. The Labute approximate surface area is 237 Å². The summed E-state index contributed by atoms with van der Waals surface area (Å²) in [5.41, 5.74) is 1.89. The van der Waals surface area contributed by atoms with Crippen molar-refractivity contribution in [1.82, 2.24) is 20.4 Å². The highest BCUT2D eigenvalue weighted by Gasteiger charge is 2.47. The molecule has 2 N–H and O–H groups in total. The Morgan fingerprint density at radius 3 is 2.05 bits per heavy atom. The number of nitrogens with one attached hydrogen (secondary N) is 2. The predicted octanol–water partition coefficient (Wildman–Crippen LogP) is 3.67. The molecule has 0 radical (unpaired) electrons. The number of benzene rings is 2. The number of fused-ring (bicyclic) bond motifs is 1. The van der Waals surface area contributed by atoms with Gasteiger partial charge in [0.1, 0.15) is 12.1 Å². The van der Waals surface area contributed by atoms with Crippen LogP contribution in [0.15, 0.2) is 60.7 Å². The topological polar surface area (TPSA) is 98.8 Å². The molecule has 2 aliphatic rings. The molecule has 214 valence electrons. The van der Waals surface area contributed by atoms with Gasteiger partial charge >= 0.3 is 0 Å². The van der Waals surface area contributed by atoms with Gasteiger partial charge in [-0.1, -0.05) is 88.4 Å². The van der Waals surface area contributed by atoms with Crippen LogP contribution in [0.5, 0.6) is 0 Å². The first kappa shape index (κ1) is 29.3. The van der Waals surface area contributed by atoms with Crippen molar-refractivity contribution in [2.24, 2.45) is 11.8 Å². The van der Waals surface area contributed by atoms with Gasteiger partial charge in [-0.2, -0.15) is 0 Å². The fraction of sp³-hybridized carbons (Fsp3) is 0.500. The molecule has 4 rings (SSSR count). The van der Waals surface area contributed by atoms with Gasteiger partial charge in [-0.25, -0.2) is 0 Å². The molecule has 2 aromatic carbocycles. The number of amides is 4. The number of hydrogen-bond acceptors (Lipinski definition) is 4. The van der Waals surface area contributed by atoms with Gasteiger partial charge in [-0.15, -0.1) is 0 Å². The van der Waals surface area contributed by atoms with E-state index in [1.165, 1.54) is 0 Å². The number of hydrogen-bond donors (Lipinski definition) is 2. The van der Waals surface area contributed by atoms with Gasteiger partial charge in [-0.3, -0.25) is 19.2 Å². The summed E-state index contributed by atoms with van der Waals surface area (Å²) in [6, 6.07) is 17.3. The highest BCUT2D eigenvalue weighted by atomic mass is 16.2. The Hall–Kier alpha value is -3.68. The van der Waals surface area contributed by atoms with Crippen molar-refractivity contribution in [2.45, 2.75) is 77.5 Å². The maximum atomic E-state index is 14.0. The molecule has 1 unspecified atom stereocenters. The molecule has 0 aliphatic carbocycles. The summed E-state index contributed by atoms with van der Waals surface area (Å²) < 4.78 is 0. The van der Waals surface area contributed by atoms with Gasteiger partial charge < -0.3 is 20.4 Å². The summed E-state index contributed by atoms with van der Waals surface area (Å²) >= 11 is 0. The van der Waals surface area contributed by atoms with Crippen LogP contribution in [0.4, 0.5) is 0 Å². The molecule has 0 bridgehead atoms. The quantitative estimate of drug-likeness (QED) is 0.501. The summed E-state index contributed by atoms with van der Waals surface area (Å²) in [4.78, 5) is 57.3. The van der Waals surface area contributed by atoms with Crippen molar-refractivity contribution >= 4 is 23.6 Å². The highest BCUT2D eigenvalue weighted by molar-refractivity contribution is 5.94. The first-order valence-corrected chi connectivity index (χ1v) is 14.5. The molecule has 0 spiro atoms. The average molecular weight is 547 g/mol. The fourth-order valence-electron chi connectivity index (χ4n) is 5.64. The monoisotopic (exact) mass is 546 g/mol. The molecule has 4 amide bonds. The number of rotatable bonds is 9. The van der Waals surface area contributed by atoms with Crippen LogP contribution in [0, 0.1) is 11.8 Å². The lowest BCUT2D eigenvalue weighted by atomic mass is 9.98. The van der Waals surface area contributed by atoms with Gasteiger partial charge in [0, 0.05) is 25.4 Å². The van der Waals surface area contributed by atoms with Crippen LogP contribution in [-0.4, -0.2) is 64.6 Å². The van der Waals surface area contributed by atoms with Crippen LogP contribution < -0.4 is 10.6 Å². The van der Waals surface area contributed by atoms with Gasteiger partial charge in [0.15, 0.2) is 0 Å². The van der Waals surface area contributed by atoms with E-state index < -0.39 is 12.1 Å². The summed E-state index contributed by atoms with van der Waals surface area (Å²) in [5, 5.41) is 6.11. The standard InChI is InChI=1S/C32H42N4O4/c1-5-22(4)30(38)33-26-20-35(28(37)18-21(2)3)19-25-16-17-27(36(25)32(26)40)31(39)34-29(23-12-8-6-9-13-23)24-14-10-7-11-15-24/h6-15,21-22,25-27,29H,5,16-20H2,1-4H3,(H,33,38)(H,34,39)/t22-,25-,26?,27+/m1/s1. The molecule has 0 saturated carbocycles. The molecule has 2 fully saturated rings. The van der Waals surface area contributed by atoms with Crippen LogP contribution >= 0.6 is 0 Å². The van der Waals surface area contributed by atoms with E-state index in [1.54, 1.807) is 9.80 Å². The summed E-state index contributed by atoms with van der Waals surface area (Å²) in [7, 11) is 0. The van der Waals surface area contributed by atoms with E-state index in [0.29, 0.717) is 32.2 Å². The van der Waals surface area contributed by atoms with Crippen molar-refractivity contribution in [3.8, 4) is 0 Å². The lowest BCUT2D eigenvalue weighted by Crippen LogP contribution is -2.56. The largest absolute Gasteiger partial charge is 0.343 e. The van der Waals surface area contributed by atoms with Crippen molar-refractivity contribution < 1.29 is 19.2 Å². The molecule has 40 heavy (non-hydrogen) atoms. The van der Waals surface area contributed by atoms with Crippen molar-refractivity contribution in [1.29, 1.82) is 0 Å². The van der Waals surface area contributed by atoms with E-state index in [-0.39, 0.29) is 54.1 Å². The molecule has 8 nitrogen and oxygen atoms in total. The maximum Gasteiger partial charge on any atom is 0.247 e. The zero-order valence-corrected chi connectivity index (χ0v) is 24.0. The lowest BCUT2D eigenvalue weighted by Gasteiger charge is -2.31. The van der Waals surface area contributed by atoms with Crippen LogP contribution in [0.3, 0.4) is 0 Å². The van der Waals surface area contributed by atoms with Crippen LogP contribution in [-0.2, 0) is 19.2 Å². The number of nitrogens with zero attached hydrogens (tertiary/aromatic N) is 2. The smallest absolute Gasteiger partial charge is 0.247 e. The molecule has 0 aromatic heterocycles. The van der Waals surface area contributed by atoms with E-state index >= 15 is 0 Å². The minimum absolute atomic E-state index is 0.0337. The summed E-state index contributed by atoms with van der Waals surface area (Å²) in [5.74, 6) is -0.872. The zero-order chi connectivity index (χ0) is 28.8. The average Bonchev–Trinajstić information content (AvgIpc) is 3.32. The van der Waals surface area contributed by atoms with Crippen molar-refractivity contribution in [2.75, 3.05) is 13.1 Å². The number of carbonyl (C=O) groups is 4. The van der Waals surface area contributed by atoms with E-state index in [1.807, 2.05) is 88.4 Å². The third-order valence-electron chi connectivity index (χ3n) is 8.06. The molecule has 2 heterocycles. The Kier molecular flexibility index (Phi) is 9.61. The molecular weight excluding hydrogens is 504 g/mol. The fourth-order valence-corrected chi connectivity index (χ4v) is 5.64. The lowest BCUT2D eigenvalue weighted by molar-refractivity contribution is -0.142. The normalized spacial score (nSPS) is 21.6. The summed E-state index contributed by atoms with van der Waals surface area (Å²) in [6.45, 7) is 8.19. The third kappa shape index (κ3) is 6.72. The SMILES string of the molecule is CC[C@@H](C)C(=O)NC1CN(C(=O)CC(C)C)C[C@H]2CC[C@@H](C(=O)NC(c3ccccc3)c3ccccc3)N2C1=O. The third-order valence-corrected chi connectivity index (χ3v) is 8.06. The minimum atomic E-state index is -0.893. The van der Waals surface area contributed by atoms with Crippen LogP contribution in [0.1, 0.15) is 70.5 Å². The van der Waals surface area contributed by atoms with Crippen LogP contribution in [0.2, 0.25) is 0 Å². The molecule has 2 saturated heterocycles. The first-order valence-electron chi connectivity index (χ1n) is 14.5. The van der Waals surface area contributed by atoms with E-state index in [4.69, 9.17) is 0 Å². The van der Waals surface area contributed by atoms with Gasteiger partial charge in [-0.05, 0) is 36.3 Å². The summed E-state index contributed by atoms with van der Waals surface area (Å²) in [6.07, 6.45) is 2.12. The Morgan fingerprint density at radius 2 is 1.50 bits per heavy atom. The Balaban J connectivity index is 1.61. The van der Waals surface area contributed by atoms with Crippen LogP contribution in [0.25, 0.3) is 0 Å². The van der Waals surface area contributed by atoms with Crippen molar-refractivity contribution in [3.05, 3.63) is 71.8 Å². The molecule has 2 aliphatic heterocycles. The minimum Gasteiger partial charge on any atom is -0.343 e. The molecule has 8 heteroatoms. The van der Waals surface area contributed by atoms with E-state index in [9.17, 15) is 19.2 Å². The highest BCUT2D eigenvalue weighted by Crippen LogP contribution is 2.30. The second-order valence-corrected chi connectivity index (χ2v) is 11.5. The Morgan fingerprint density at radius 1 is 0.900 bits per heavy atom. The number of carbonyl (C=O) groups excluding carboxylic acids is 4. The van der Waals surface area contributed by atoms with E-state index in [2.05, 4.69) is 10.6 Å². The first-order chi connectivity index (χ1) is 19.2. The molecule has 4 atom stereocenters. The zero-order valence-electron chi connectivity index (χ0n) is 24.0. The van der Waals surface area contributed by atoms with Crippen molar-refractivity contribution in [3.63, 3.8) is 0 Å². The molecule has 2 aromatic rings. The van der Waals surface area contributed by atoms with Gasteiger partial charge in [0.25, 0.3) is 0 Å². The van der Waals surface area contributed by atoms with Gasteiger partial charge in [0.05, 0.1) is 12.1 Å². The van der Waals surface area contributed by atoms with Gasteiger partial charge in [0.2, 0.25) is 23.6 Å². The second kappa shape index (κ2) is 13.1. The maximum absolute atomic E-state index is 14.0. The Bertz CT molecular complexity index is 1150. The van der Waals surface area contributed by atoms with E-state index in [0.717, 1.165) is 11.1 Å².